The lowest BCUT2D eigenvalue weighted by atomic mass is 10.00. The number of hydrogen-bond donors (Lipinski definition) is 1. The summed E-state index contributed by atoms with van der Waals surface area (Å²) in [6, 6.07) is 7.67. The molecule has 0 bridgehead atoms. The third kappa shape index (κ3) is 4.46. The van der Waals surface area contributed by atoms with E-state index in [0.29, 0.717) is 6.04 Å². The summed E-state index contributed by atoms with van der Waals surface area (Å²) in [5, 5.41) is 0. The van der Waals surface area contributed by atoms with Crippen LogP contribution in [0.2, 0.25) is 0 Å². The summed E-state index contributed by atoms with van der Waals surface area (Å²) in [5.74, 6) is 0. The summed E-state index contributed by atoms with van der Waals surface area (Å²) < 4.78 is 1.16. The first kappa shape index (κ1) is 16.8. The van der Waals surface area contributed by atoms with E-state index in [4.69, 9.17) is 5.73 Å². The van der Waals surface area contributed by atoms with Crippen LogP contribution in [0.1, 0.15) is 57.9 Å². The Morgan fingerprint density at radius 3 is 2.81 bits per heavy atom. The molecule has 1 aromatic carbocycles. The van der Waals surface area contributed by atoms with Gasteiger partial charge in [0.05, 0.1) is 0 Å². The lowest BCUT2D eigenvalue weighted by molar-refractivity contribution is 0.553. The average Bonchev–Trinajstić information content (AvgIpc) is 2.72. The van der Waals surface area contributed by atoms with Gasteiger partial charge in [-0.15, -0.1) is 0 Å². The standard InChI is InChI=1S/C18H29BrN2/c1-3-16(20)13-14-12-15(19)9-10-18(14)21-11-7-5-6-8-17(21)4-2/h9-10,12,16-17H,3-8,11,13,20H2,1-2H3. The van der Waals surface area contributed by atoms with Crippen molar-refractivity contribution >= 4 is 21.6 Å². The van der Waals surface area contributed by atoms with Gasteiger partial charge in [-0.1, -0.05) is 42.6 Å². The molecule has 1 aliphatic heterocycles. The molecule has 0 aliphatic carbocycles. The van der Waals surface area contributed by atoms with Crippen molar-refractivity contribution in [1.82, 2.24) is 0 Å². The summed E-state index contributed by atoms with van der Waals surface area (Å²) in [6.07, 6.45) is 8.61. The molecular formula is C18H29BrN2. The van der Waals surface area contributed by atoms with Gasteiger partial charge in [0.15, 0.2) is 0 Å². The van der Waals surface area contributed by atoms with Crippen LogP contribution in [0, 0.1) is 0 Å². The minimum absolute atomic E-state index is 0.255. The summed E-state index contributed by atoms with van der Waals surface area (Å²) >= 11 is 3.62. The maximum absolute atomic E-state index is 6.22. The Balaban J connectivity index is 2.31. The van der Waals surface area contributed by atoms with Crippen LogP contribution in [0.5, 0.6) is 0 Å². The van der Waals surface area contributed by atoms with Crippen molar-refractivity contribution in [2.75, 3.05) is 11.4 Å². The second-order valence-electron chi connectivity index (χ2n) is 6.25. The van der Waals surface area contributed by atoms with Gasteiger partial charge in [0.25, 0.3) is 0 Å². The first-order valence-electron chi connectivity index (χ1n) is 8.46. The molecule has 1 aromatic rings. The fraction of sp³-hybridized carbons (Fsp3) is 0.667. The Hall–Kier alpha value is -0.540. The fourth-order valence-corrected chi connectivity index (χ4v) is 3.75. The van der Waals surface area contributed by atoms with Crippen molar-refractivity contribution in [3.63, 3.8) is 0 Å². The number of rotatable bonds is 5. The molecule has 0 aromatic heterocycles. The summed E-state index contributed by atoms with van der Waals surface area (Å²) in [5.41, 5.74) is 9.03. The number of anilines is 1. The molecule has 3 heteroatoms. The van der Waals surface area contributed by atoms with Crippen LogP contribution in [-0.2, 0) is 6.42 Å². The molecule has 2 N–H and O–H groups in total. The molecule has 2 rings (SSSR count). The molecule has 1 aliphatic rings. The number of halogens is 1. The van der Waals surface area contributed by atoms with Crippen LogP contribution in [-0.4, -0.2) is 18.6 Å². The van der Waals surface area contributed by atoms with Gasteiger partial charge in [-0.3, -0.25) is 0 Å². The molecule has 0 spiro atoms. The minimum atomic E-state index is 0.255. The van der Waals surface area contributed by atoms with Gasteiger partial charge >= 0.3 is 0 Å². The Morgan fingerprint density at radius 2 is 2.10 bits per heavy atom. The normalized spacial score (nSPS) is 21.1. The smallest absolute Gasteiger partial charge is 0.0402 e. The van der Waals surface area contributed by atoms with E-state index in [1.807, 2.05) is 0 Å². The monoisotopic (exact) mass is 352 g/mol. The van der Waals surface area contributed by atoms with E-state index < -0.39 is 0 Å². The molecule has 2 unspecified atom stereocenters. The molecule has 0 saturated carbocycles. The second-order valence-corrected chi connectivity index (χ2v) is 7.17. The van der Waals surface area contributed by atoms with Gasteiger partial charge in [-0.2, -0.15) is 0 Å². The SMILES string of the molecule is CCC(N)Cc1cc(Br)ccc1N1CCCCCC1CC. The Kier molecular flexibility index (Phi) is 6.56. The summed E-state index contributed by atoms with van der Waals surface area (Å²) in [4.78, 5) is 2.65. The molecule has 1 saturated heterocycles. The number of hydrogen-bond acceptors (Lipinski definition) is 2. The third-order valence-electron chi connectivity index (χ3n) is 4.71. The van der Waals surface area contributed by atoms with Crippen molar-refractivity contribution in [3.8, 4) is 0 Å². The van der Waals surface area contributed by atoms with Gasteiger partial charge in [0, 0.05) is 28.8 Å². The van der Waals surface area contributed by atoms with Crippen LogP contribution in [0.25, 0.3) is 0 Å². The highest BCUT2D eigenvalue weighted by Gasteiger charge is 2.22. The molecule has 1 heterocycles. The largest absolute Gasteiger partial charge is 0.368 e. The lowest BCUT2D eigenvalue weighted by Crippen LogP contribution is -2.35. The zero-order chi connectivity index (χ0) is 15.2. The molecule has 21 heavy (non-hydrogen) atoms. The second kappa shape index (κ2) is 8.19. The topological polar surface area (TPSA) is 29.3 Å². The highest BCUT2D eigenvalue weighted by molar-refractivity contribution is 9.10. The molecule has 0 radical (unpaired) electrons. The summed E-state index contributed by atoms with van der Waals surface area (Å²) in [7, 11) is 0. The van der Waals surface area contributed by atoms with Crippen molar-refractivity contribution in [3.05, 3.63) is 28.2 Å². The molecule has 2 atom stereocenters. The van der Waals surface area contributed by atoms with Gasteiger partial charge in [0.2, 0.25) is 0 Å². The number of nitrogens with two attached hydrogens (primary N) is 1. The van der Waals surface area contributed by atoms with E-state index in [-0.39, 0.29) is 6.04 Å². The zero-order valence-electron chi connectivity index (χ0n) is 13.4. The predicted molar refractivity (Wildman–Crippen MR) is 96.0 cm³/mol. The van der Waals surface area contributed by atoms with E-state index in [1.165, 1.54) is 49.9 Å². The van der Waals surface area contributed by atoms with E-state index in [0.717, 1.165) is 17.3 Å². The maximum Gasteiger partial charge on any atom is 0.0402 e. The van der Waals surface area contributed by atoms with Crippen LogP contribution >= 0.6 is 15.9 Å². The molecule has 2 nitrogen and oxygen atoms in total. The van der Waals surface area contributed by atoms with Crippen molar-refractivity contribution in [2.45, 2.75) is 70.9 Å². The van der Waals surface area contributed by atoms with E-state index in [2.05, 4.69) is 52.9 Å². The van der Waals surface area contributed by atoms with Crippen LogP contribution in [0.15, 0.2) is 22.7 Å². The molecule has 0 amide bonds. The Labute approximate surface area is 138 Å². The molecule has 118 valence electrons. The maximum atomic E-state index is 6.22. The van der Waals surface area contributed by atoms with Crippen molar-refractivity contribution in [2.24, 2.45) is 5.73 Å². The van der Waals surface area contributed by atoms with E-state index in [1.54, 1.807) is 0 Å². The first-order chi connectivity index (χ1) is 10.2. The molecule has 1 fully saturated rings. The zero-order valence-corrected chi connectivity index (χ0v) is 15.0. The summed E-state index contributed by atoms with van der Waals surface area (Å²) in [6.45, 7) is 5.68. The highest BCUT2D eigenvalue weighted by Crippen LogP contribution is 2.31. The average molecular weight is 353 g/mol. The Bertz CT molecular complexity index is 447. The van der Waals surface area contributed by atoms with Gasteiger partial charge in [-0.05, 0) is 55.9 Å². The van der Waals surface area contributed by atoms with Gasteiger partial charge in [0.1, 0.15) is 0 Å². The molecular weight excluding hydrogens is 324 g/mol. The first-order valence-corrected chi connectivity index (χ1v) is 9.25. The fourth-order valence-electron chi connectivity index (χ4n) is 3.34. The lowest BCUT2D eigenvalue weighted by Gasteiger charge is -2.33. The van der Waals surface area contributed by atoms with Crippen molar-refractivity contribution in [1.29, 1.82) is 0 Å². The van der Waals surface area contributed by atoms with Gasteiger partial charge < -0.3 is 10.6 Å². The number of benzene rings is 1. The highest BCUT2D eigenvalue weighted by atomic mass is 79.9. The van der Waals surface area contributed by atoms with Crippen LogP contribution in [0.3, 0.4) is 0 Å². The van der Waals surface area contributed by atoms with Gasteiger partial charge in [-0.25, -0.2) is 0 Å². The Morgan fingerprint density at radius 1 is 1.29 bits per heavy atom. The predicted octanol–water partition coefficient (Wildman–Crippen LogP) is 4.89. The van der Waals surface area contributed by atoms with E-state index in [9.17, 15) is 0 Å². The van der Waals surface area contributed by atoms with E-state index >= 15 is 0 Å². The third-order valence-corrected chi connectivity index (χ3v) is 5.20. The van der Waals surface area contributed by atoms with Crippen LogP contribution < -0.4 is 10.6 Å². The van der Waals surface area contributed by atoms with Crippen LogP contribution in [0.4, 0.5) is 5.69 Å². The number of nitrogens with zero attached hydrogens (tertiary/aromatic N) is 1. The minimum Gasteiger partial charge on any atom is -0.368 e. The van der Waals surface area contributed by atoms with Crippen molar-refractivity contribution < 1.29 is 0 Å². The quantitative estimate of drug-likeness (QED) is 0.817.